The van der Waals surface area contributed by atoms with Gasteiger partial charge >= 0.3 is 0 Å². The van der Waals surface area contributed by atoms with Crippen molar-refractivity contribution < 1.29 is 19.4 Å². The number of hydrogen-bond acceptors (Lipinski definition) is 6. The van der Waals surface area contributed by atoms with E-state index in [0.29, 0.717) is 31.1 Å². The fourth-order valence-electron chi connectivity index (χ4n) is 4.06. The van der Waals surface area contributed by atoms with Gasteiger partial charge < -0.3 is 14.6 Å². The van der Waals surface area contributed by atoms with Gasteiger partial charge in [0.25, 0.3) is 5.91 Å². The number of carbonyl (C=O) groups is 1. The summed E-state index contributed by atoms with van der Waals surface area (Å²) in [5, 5.41) is 8.95. The number of nitrogens with one attached hydrogen (secondary N) is 2. The van der Waals surface area contributed by atoms with Crippen molar-refractivity contribution in [3.05, 3.63) is 100 Å². The molecular weight excluding hydrogens is 510 g/mol. The van der Waals surface area contributed by atoms with Gasteiger partial charge in [-0.3, -0.25) is 10.2 Å². The van der Waals surface area contributed by atoms with Gasteiger partial charge in [0.05, 0.1) is 6.61 Å². The van der Waals surface area contributed by atoms with Gasteiger partial charge in [0.2, 0.25) is 5.90 Å². The van der Waals surface area contributed by atoms with Crippen LogP contribution in [0.3, 0.4) is 0 Å². The Hall–Kier alpha value is -3.20. The highest BCUT2D eigenvalue weighted by atomic mass is 79.9. The van der Waals surface area contributed by atoms with Crippen LogP contribution in [-0.4, -0.2) is 42.7 Å². The van der Waals surface area contributed by atoms with E-state index in [2.05, 4.69) is 26.8 Å². The number of aliphatic imine (C=N–C) groups is 1. The largest absolute Gasteiger partial charge is 0.494 e. The van der Waals surface area contributed by atoms with Crippen molar-refractivity contribution in [2.45, 2.75) is 24.5 Å². The minimum absolute atomic E-state index is 0.0812. The Balaban J connectivity index is 1.76. The second-order valence-corrected chi connectivity index (χ2v) is 9.03. The van der Waals surface area contributed by atoms with Gasteiger partial charge in [-0.25, -0.2) is 10.4 Å². The summed E-state index contributed by atoms with van der Waals surface area (Å²) in [7, 11) is 1.65. The van der Waals surface area contributed by atoms with Gasteiger partial charge in [-0.05, 0) is 41.5 Å². The fourth-order valence-corrected chi connectivity index (χ4v) is 4.49. The molecule has 0 fully saturated rings. The van der Waals surface area contributed by atoms with Crippen LogP contribution in [-0.2, 0) is 16.0 Å². The molecule has 1 heterocycles. The van der Waals surface area contributed by atoms with Gasteiger partial charge in [0, 0.05) is 36.5 Å². The van der Waals surface area contributed by atoms with E-state index in [0.717, 1.165) is 21.2 Å². The Labute approximate surface area is 213 Å². The molecule has 35 heavy (non-hydrogen) atoms. The first kappa shape index (κ1) is 24.9. The van der Waals surface area contributed by atoms with E-state index < -0.39 is 11.6 Å². The van der Waals surface area contributed by atoms with Crippen molar-refractivity contribution in [2.24, 2.45) is 4.99 Å². The normalized spacial score (nSPS) is 19.1. The smallest absolute Gasteiger partial charge is 0.266 e. The van der Waals surface area contributed by atoms with Crippen molar-refractivity contribution in [2.75, 3.05) is 20.3 Å². The lowest BCUT2D eigenvalue weighted by molar-refractivity contribution is -0.129. The van der Waals surface area contributed by atoms with E-state index >= 15 is 0 Å². The summed E-state index contributed by atoms with van der Waals surface area (Å²) in [5.41, 5.74) is 6.80. The molecule has 3 aromatic carbocycles. The second kappa shape index (κ2) is 11.5. The lowest BCUT2D eigenvalue weighted by atomic mass is 9.82. The summed E-state index contributed by atoms with van der Waals surface area (Å²) < 4.78 is 13.0. The highest BCUT2D eigenvalue weighted by Crippen LogP contribution is 2.43. The van der Waals surface area contributed by atoms with Crippen LogP contribution in [0.4, 0.5) is 0 Å². The van der Waals surface area contributed by atoms with Crippen molar-refractivity contribution in [1.82, 2.24) is 10.9 Å². The molecule has 3 N–H and O–H groups in total. The number of ether oxygens (including phenoxy) is 2. The van der Waals surface area contributed by atoms with Crippen LogP contribution in [0.25, 0.3) is 0 Å². The maximum absolute atomic E-state index is 13.6. The zero-order valence-corrected chi connectivity index (χ0v) is 21.0. The Morgan fingerprint density at radius 3 is 2.49 bits per heavy atom. The fraction of sp³-hybridized carbons (Fsp3) is 0.259. The number of hydrazine groups is 1. The summed E-state index contributed by atoms with van der Waals surface area (Å²) in [6.45, 7) is 0.514. The molecule has 0 spiro atoms. The third kappa shape index (κ3) is 5.56. The first-order valence-electron chi connectivity index (χ1n) is 11.4. The van der Waals surface area contributed by atoms with Crippen molar-refractivity contribution >= 4 is 27.7 Å². The maximum atomic E-state index is 13.6. The SMILES string of the molecule is CNNC(=O)[C@@]1(Cc2ccccc2Br)N=C(c2ccc(OCCCO)cc2)O[C@H]1c1ccccc1. The predicted molar refractivity (Wildman–Crippen MR) is 138 cm³/mol. The Bertz CT molecular complexity index is 1170. The number of halogens is 1. The molecule has 1 aliphatic rings. The van der Waals surface area contributed by atoms with Crippen LogP contribution in [0.5, 0.6) is 5.75 Å². The molecule has 0 radical (unpaired) electrons. The zero-order valence-electron chi connectivity index (χ0n) is 19.4. The summed E-state index contributed by atoms with van der Waals surface area (Å²) in [6.07, 6.45) is 0.251. The van der Waals surface area contributed by atoms with Crippen LogP contribution in [0, 0.1) is 0 Å². The monoisotopic (exact) mass is 537 g/mol. The van der Waals surface area contributed by atoms with E-state index in [4.69, 9.17) is 19.6 Å². The number of amides is 1. The maximum Gasteiger partial charge on any atom is 0.266 e. The van der Waals surface area contributed by atoms with E-state index in [1.807, 2.05) is 78.9 Å². The standard InChI is InChI=1S/C27H28BrN3O4/c1-29-31-26(33)27(18-21-10-5-6-11-23(21)28)24(19-8-3-2-4-9-19)35-25(30-27)20-12-14-22(15-13-20)34-17-7-16-32/h2-6,8-15,24,29,32H,7,16-18H2,1H3,(H,31,33)/t24-,27-/m0/s1. The summed E-state index contributed by atoms with van der Waals surface area (Å²) in [4.78, 5) is 18.6. The van der Waals surface area contributed by atoms with Gasteiger partial charge in [-0.2, -0.15) is 0 Å². The number of carbonyl (C=O) groups excluding carboxylic acids is 1. The topological polar surface area (TPSA) is 92.2 Å². The van der Waals surface area contributed by atoms with Crippen LogP contribution < -0.4 is 15.6 Å². The average molecular weight is 538 g/mol. The van der Waals surface area contributed by atoms with E-state index in [1.165, 1.54) is 0 Å². The molecule has 1 aliphatic heterocycles. The number of benzene rings is 3. The number of rotatable bonds is 10. The molecule has 3 aromatic rings. The van der Waals surface area contributed by atoms with Gasteiger partial charge in [0.15, 0.2) is 11.6 Å². The van der Waals surface area contributed by atoms with Gasteiger partial charge in [-0.1, -0.05) is 64.5 Å². The van der Waals surface area contributed by atoms with Crippen LogP contribution in [0.2, 0.25) is 0 Å². The zero-order chi connectivity index (χ0) is 24.7. The van der Waals surface area contributed by atoms with Crippen molar-refractivity contribution in [3.63, 3.8) is 0 Å². The third-order valence-electron chi connectivity index (χ3n) is 5.79. The lowest BCUT2D eigenvalue weighted by Gasteiger charge is -2.30. The minimum Gasteiger partial charge on any atom is -0.494 e. The molecule has 0 aliphatic carbocycles. The molecule has 0 saturated heterocycles. The summed E-state index contributed by atoms with van der Waals surface area (Å²) >= 11 is 3.62. The van der Waals surface area contributed by atoms with Crippen LogP contribution in [0.15, 0.2) is 88.3 Å². The number of aliphatic hydroxyl groups is 1. The van der Waals surface area contributed by atoms with E-state index in [-0.39, 0.29) is 12.5 Å². The Morgan fingerprint density at radius 2 is 1.80 bits per heavy atom. The molecule has 2 atom stereocenters. The molecule has 0 saturated carbocycles. The highest BCUT2D eigenvalue weighted by molar-refractivity contribution is 9.10. The Morgan fingerprint density at radius 1 is 1.09 bits per heavy atom. The first-order chi connectivity index (χ1) is 17.1. The molecule has 0 bridgehead atoms. The van der Waals surface area contributed by atoms with Gasteiger partial charge in [-0.15, -0.1) is 0 Å². The molecule has 8 heteroatoms. The molecule has 0 aromatic heterocycles. The van der Waals surface area contributed by atoms with Gasteiger partial charge in [0.1, 0.15) is 5.75 Å². The molecule has 7 nitrogen and oxygen atoms in total. The molecule has 0 unspecified atom stereocenters. The number of aliphatic hydroxyl groups excluding tert-OH is 1. The molecule has 182 valence electrons. The predicted octanol–water partition coefficient (Wildman–Crippen LogP) is 3.96. The molecule has 1 amide bonds. The van der Waals surface area contributed by atoms with E-state index in [9.17, 15) is 4.79 Å². The third-order valence-corrected chi connectivity index (χ3v) is 6.56. The summed E-state index contributed by atoms with van der Waals surface area (Å²) in [6, 6.07) is 24.9. The second-order valence-electron chi connectivity index (χ2n) is 8.17. The molecule has 4 rings (SSSR count). The quantitative estimate of drug-likeness (QED) is 0.269. The average Bonchev–Trinajstić information content (AvgIpc) is 3.27. The first-order valence-corrected chi connectivity index (χ1v) is 12.2. The van der Waals surface area contributed by atoms with Crippen LogP contribution in [0.1, 0.15) is 29.2 Å². The number of nitrogens with zero attached hydrogens (tertiary/aromatic N) is 1. The minimum atomic E-state index is -1.25. The number of hydrogen-bond donors (Lipinski definition) is 3. The molecular formula is C27H28BrN3O4. The Kier molecular flexibility index (Phi) is 8.17. The lowest BCUT2D eigenvalue weighted by Crippen LogP contribution is -2.53. The van der Waals surface area contributed by atoms with Crippen molar-refractivity contribution in [1.29, 1.82) is 0 Å². The van der Waals surface area contributed by atoms with Crippen molar-refractivity contribution in [3.8, 4) is 5.75 Å². The highest BCUT2D eigenvalue weighted by Gasteiger charge is 2.53. The van der Waals surface area contributed by atoms with Crippen LogP contribution >= 0.6 is 15.9 Å². The van der Waals surface area contributed by atoms with E-state index in [1.54, 1.807) is 7.05 Å². The summed E-state index contributed by atoms with van der Waals surface area (Å²) in [5.74, 6) is 0.787.